The van der Waals surface area contributed by atoms with E-state index in [2.05, 4.69) is 20.0 Å². The summed E-state index contributed by atoms with van der Waals surface area (Å²) in [6.07, 6.45) is 19.0. The van der Waals surface area contributed by atoms with Gasteiger partial charge in [0.05, 0.1) is 12.4 Å². The number of amides is 2. The molecule has 0 radical (unpaired) electrons. The van der Waals surface area contributed by atoms with E-state index in [4.69, 9.17) is 0 Å². The first-order valence-electron chi connectivity index (χ1n) is 21.3. The molecule has 9 heteroatoms. The van der Waals surface area contributed by atoms with E-state index in [0.29, 0.717) is 32.2 Å². The highest BCUT2D eigenvalue weighted by Crippen LogP contribution is 2.04. The molecule has 4 heterocycles. The van der Waals surface area contributed by atoms with E-state index in [1.165, 1.54) is 12.4 Å². The molecule has 1 aliphatic carbocycles. The normalized spacial score (nSPS) is 13.6. The average molecular weight is 757 g/mol. The average Bonchev–Trinajstić information content (AvgIpc) is 3.97. The summed E-state index contributed by atoms with van der Waals surface area (Å²) >= 11 is 0. The van der Waals surface area contributed by atoms with Gasteiger partial charge in [-0.05, 0) is 44.6 Å². The van der Waals surface area contributed by atoms with E-state index in [1.54, 1.807) is 18.5 Å². The number of ketones is 3. The van der Waals surface area contributed by atoms with Crippen LogP contribution in [0.1, 0.15) is 209 Å². The second-order valence-corrected chi connectivity index (χ2v) is 7.46. The van der Waals surface area contributed by atoms with Crippen LogP contribution in [0.3, 0.4) is 0 Å². The van der Waals surface area contributed by atoms with Crippen LogP contribution in [0.5, 0.6) is 0 Å². The Labute approximate surface area is 331 Å². The van der Waals surface area contributed by atoms with Gasteiger partial charge in [-0.15, -0.1) is 0 Å². The molecule has 0 aromatic carbocycles. The lowest BCUT2D eigenvalue weighted by Crippen LogP contribution is -2.05. The molecule has 5 rings (SSSR count). The van der Waals surface area contributed by atoms with Crippen molar-refractivity contribution in [3.63, 3.8) is 0 Å². The molecule has 318 valence electrons. The highest BCUT2D eigenvalue weighted by Gasteiger charge is 2.02. The molecule has 0 atom stereocenters. The van der Waals surface area contributed by atoms with Crippen molar-refractivity contribution >= 4 is 54.0 Å². The van der Waals surface area contributed by atoms with Gasteiger partial charge in [-0.2, -0.15) is 0 Å². The first-order valence-corrected chi connectivity index (χ1v) is 21.3. The van der Waals surface area contributed by atoms with Gasteiger partial charge in [0.1, 0.15) is 0 Å². The summed E-state index contributed by atoms with van der Waals surface area (Å²) < 4.78 is 0. The van der Waals surface area contributed by atoms with Crippen LogP contribution in [0.15, 0.2) is 32.1 Å². The molecule has 0 unspecified atom stereocenters. The maximum Gasteiger partial charge on any atom is 0.245 e. The Morgan fingerprint density at radius 3 is 0.887 bits per heavy atom. The molecule has 2 amide bonds. The maximum atomic E-state index is 10.4. The third kappa shape index (κ3) is 88.2. The van der Waals surface area contributed by atoms with Crippen LogP contribution in [-0.2, 0) is 24.0 Å². The molecule has 0 N–H and O–H groups in total. The van der Waals surface area contributed by atoms with Gasteiger partial charge in [0.25, 0.3) is 0 Å². The summed E-state index contributed by atoms with van der Waals surface area (Å²) in [6, 6.07) is 0. The quantitative estimate of drug-likeness (QED) is 0.242. The van der Waals surface area contributed by atoms with Gasteiger partial charge in [0.15, 0.2) is 17.3 Å². The number of aliphatic imine (C=N–C) groups is 4. The molecule has 9 nitrogen and oxygen atoms in total. The number of hydrogen-bond acceptors (Lipinski definition) is 7. The van der Waals surface area contributed by atoms with Crippen LogP contribution in [0.4, 0.5) is 0 Å². The Kier molecular flexibility index (Phi) is 130. The fourth-order valence-corrected chi connectivity index (χ4v) is 2.67. The monoisotopic (exact) mass is 757 g/mol. The molecule has 0 fully saturated rings. The largest absolute Gasteiger partial charge is 0.295 e. The van der Waals surface area contributed by atoms with Gasteiger partial charge in [0.2, 0.25) is 11.8 Å². The van der Waals surface area contributed by atoms with Crippen molar-refractivity contribution in [3.05, 3.63) is 12.2 Å². The minimum Gasteiger partial charge on any atom is -0.295 e. The Morgan fingerprint density at radius 1 is 0.377 bits per heavy atom. The van der Waals surface area contributed by atoms with Crippen molar-refractivity contribution in [2.24, 2.45) is 20.0 Å². The first-order chi connectivity index (χ1) is 26.0. The maximum absolute atomic E-state index is 10.4. The second-order valence-electron chi connectivity index (χ2n) is 7.46. The molecule has 0 saturated carbocycles. The predicted molar refractivity (Wildman–Crippen MR) is 242 cm³/mol. The molecule has 53 heavy (non-hydrogen) atoms. The topological polar surface area (TPSA) is 135 Å². The minimum absolute atomic E-state index is 0.0231. The summed E-state index contributed by atoms with van der Waals surface area (Å²) in [5.74, 6) is 0.675. The number of carbonyl (C=O) groups excluding carboxylic acids is 5. The Hall–Kier alpha value is -3.23. The van der Waals surface area contributed by atoms with Crippen molar-refractivity contribution in [1.29, 1.82) is 0 Å². The van der Waals surface area contributed by atoms with Crippen LogP contribution in [0, 0.1) is 0 Å². The van der Waals surface area contributed by atoms with Gasteiger partial charge in [-0.25, -0.2) is 9.98 Å². The fourth-order valence-electron chi connectivity index (χ4n) is 2.67. The van der Waals surface area contributed by atoms with Crippen LogP contribution in [0.25, 0.3) is 0 Å². The number of carbonyl (C=O) groups is 5. The molecule has 5 aliphatic rings. The van der Waals surface area contributed by atoms with Crippen LogP contribution < -0.4 is 0 Å². The second kappa shape index (κ2) is 92.1. The van der Waals surface area contributed by atoms with Gasteiger partial charge in [-0.1, -0.05) is 145 Å². The molecular weight excluding hydrogens is 665 g/mol. The smallest absolute Gasteiger partial charge is 0.245 e. The summed E-state index contributed by atoms with van der Waals surface area (Å²) in [6.45, 7) is 41.5. The minimum atomic E-state index is 0.0231. The van der Waals surface area contributed by atoms with Gasteiger partial charge >= 0.3 is 0 Å². The summed E-state index contributed by atoms with van der Waals surface area (Å²) in [5, 5.41) is 0. The van der Waals surface area contributed by atoms with Gasteiger partial charge in [-0.3, -0.25) is 34.0 Å². The molecule has 0 bridgehead atoms. The number of rotatable bonds is 0. The van der Waals surface area contributed by atoms with E-state index in [-0.39, 0.29) is 29.2 Å². The van der Waals surface area contributed by atoms with E-state index in [1.807, 2.05) is 145 Å². The number of allylic oxidation sites excluding steroid dienone is 2. The molecule has 0 aromatic rings. The molecule has 0 spiro atoms. The zero-order valence-corrected chi connectivity index (χ0v) is 39.0. The zero-order valence-electron chi connectivity index (χ0n) is 39.0. The SMILES string of the molecule is CC.CC.CC.CC.CC.CC.CC.CC.CC.CC.O=C1C=CCCC1.O=C1C=NCC1.O=C1C=NCCC1.O=C1CCC=N1.O=C1CCCC=N1. The fraction of sp³-hybridized carbons (Fsp3) is 0.750. The molecule has 4 aliphatic heterocycles. The van der Waals surface area contributed by atoms with Crippen LogP contribution in [-0.4, -0.2) is 67.1 Å². The number of Topliss-reactive ketones (excluding diaryl/α,β-unsaturated/α-hetero) is 2. The van der Waals surface area contributed by atoms with Crippen molar-refractivity contribution in [3.8, 4) is 0 Å². The number of nitrogens with zero attached hydrogens (tertiary/aromatic N) is 4. The Morgan fingerprint density at radius 2 is 0.755 bits per heavy atom. The van der Waals surface area contributed by atoms with E-state index < -0.39 is 0 Å². The van der Waals surface area contributed by atoms with E-state index >= 15 is 0 Å². The standard InChI is InChI=1S/C6H8O.2C5H7NO.2C4H5NO.10C2H6/c7-6-4-2-1-3-5-6;7-5-2-1-3-6-4-5;7-5-3-1-2-4-6-5;6-4-1-2-5-3-4;6-4-2-1-3-5-4;10*1-2/h2,4H,1,3,5H2;2*4H,1-3H2;2*3H,1-2H2;10*1-2H3. The van der Waals surface area contributed by atoms with Crippen molar-refractivity contribution in [2.45, 2.75) is 209 Å². The molecule has 0 saturated heterocycles. The predicted octanol–water partition coefficient (Wildman–Crippen LogP) is 13.2. The van der Waals surface area contributed by atoms with E-state index in [0.717, 1.165) is 51.5 Å². The third-order valence-electron chi connectivity index (χ3n) is 4.45. The lowest BCUT2D eigenvalue weighted by atomic mass is 10.1. The van der Waals surface area contributed by atoms with Crippen molar-refractivity contribution < 1.29 is 24.0 Å². The van der Waals surface area contributed by atoms with Crippen LogP contribution in [0.2, 0.25) is 0 Å². The highest BCUT2D eigenvalue weighted by atomic mass is 16.2. The van der Waals surface area contributed by atoms with Gasteiger partial charge in [0, 0.05) is 57.6 Å². The Bertz CT molecular complexity index is 739. The first kappa shape index (κ1) is 74.8. The summed E-state index contributed by atoms with van der Waals surface area (Å²) in [4.78, 5) is 65.6. The van der Waals surface area contributed by atoms with Crippen molar-refractivity contribution in [1.82, 2.24) is 0 Å². The van der Waals surface area contributed by atoms with E-state index in [9.17, 15) is 24.0 Å². The lowest BCUT2D eigenvalue weighted by Gasteiger charge is -1.97. The lowest BCUT2D eigenvalue weighted by molar-refractivity contribution is -0.118. The highest BCUT2D eigenvalue weighted by molar-refractivity contribution is 6.29. The number of hydrogen-bond donors (Lipinski definition) is 0. The van der Waals surface area contributed by atoms with Crippen molar-refractivity contribution in [2.75, 3.05) is 13.1 Å². The third-order valence-corrected chi connectivity index (χ3v) is 4.45. The zero-order chi connectivity index (χ0) is 44.2. The molecular formula is C44H92N4O5. The van der Waals surface area contributed by atoms with Crippen LogP contribution >= 0.6 is 0 Å². The molecule has 0 aromatic heterocycles. The van der Waals surface area contributed by atoms with Gasteiger partial charge < -0.3 is 0 Å². The summed E-state index contributed by atoms with van der Waals surface area (Å²) in [7, 11) is 0. The Balaban J connectivity index is -0.0000000488. The summed E-state index contributed by atoms with van der Waals surface area (Å²) in [5.41, 5.74) is 0.